The molecule has 0 saturated carbocycles. The van der Waals surface area contributed by atoms with Gasteiger partial charge in [0.15, 0.2) is 0 Å². The Labute approximate surface area is 108 Å². The lowest BCUT2D eigenvalue weighted by molar-refractivity contribution is 0.0696. The summed E-state index contributed by atoms with van der Waals surface area (Å²) in [6.45, 7) is 1.83. The molecule has 0 heterocycles. The molecule has 0 aromatic heterocycles. The Balaban J connectivity index is 2.56. The summed E-state index contributed by atoms with van der Waals surface area (Å²) in [5, 5.41) is 9.07. The highest BCUT2D eigenvalue weighted by Gasteiger charge is 2.10. The molecule has 2 aromatic rings. The van der Waals surface area contributed by atoms with Crippen molar-refractivity contribution in [3.05, 3.63) is 58.1 Å². The van der Waals surface area contributed by atoms with Gasteiger partial charge in [-0.2, -0.15) is 0 Å². The van der Waals surface area contributed by atoms with Crippen molar-refractivity contribution in [3.63, 3.8) is 0 Å². The highest BCUT2D eigenvalue weighted by atomic mass is 79.9. The molecule has 0 atom stereocenters. The summed E-state index contributed by atoms with van der Waals surface area (Å²) < 4.78 is 1.01. The van der Waals surface area contributed by atoms with Crippen LogP contribution in [-0.4, -0.2) is 11.1 Å². The predicted octanol–water partition coefficient (Wildman–Crippen LogP) is 4.12. The third-order valence-electron chi connectivity index (χ3n) is 2.72. The summed E-state index contributed by atoms with van der Waals surface area (Å²) >= 11 is 3.38. The van der Waals surface area contributed by atoms with Crippen LogP contribution in [0, 0.1) is 6.92 Å². The van der Waals surface area contributed by atoms with Crippen LogP contribution in [0.3, 0.4) is 0 Å². The molecule has 0 aliphatic rings. The molecule has 1 N–H and O–H groups in total. The summed E-state index contributed by atoms with van der Waals surface area (Å²) in [4.78, 5) is 11.1. The van der Waals surface area contributed by atoms with Crippen molar-refractivity contribution < 1.29 is 9.90 Å². The van der Waals surface area contributed by atoms with E-state index in [1.165, 1.54) is 0 Å². The Morgan fingerprint density at radius 2 is 1.76 bits per heavy atom. The SMILES string of the molecule is Cc1c(C(=O)O)cccc1-c1ccc(Br)cc1. The number of halogens is 1. The second-order valence-corrected chi connectivity index (χ2v) is 4.71. The third kappa shape index (κ3) is 2.39. The number of hydrogen-bond donors (Lipinski definition) is 1. The molecule has 2 nitrogen and oxygen atoms in total. The van der Waals surface area contributed by atoms with Gasteiger partial charge in [0.2, 0.25) is 0 Å². The quantitative estimate of drug-likeness (QED) is 0.903. The molecule has 2 rings (SSSR count). The van der Waals surface area contributed by atoms with E-state index in [4.69, 9.17) is 5.11 Å². The monoisotopic (exact) mass is 290 g/mol. The van der Waals surface area contributed by atoms with Gasteiger partial charge in [0, 0.05) is 4.47 Å². The predicted molar refractivity (Wildman–Crippen MR) is 71.3 cm³/mol. The third-order valence-corrected chi connectivity index (χ3v) is 3.25. The van der Waals surface area contributed by atoms with Crippen molar-refractivity contribution in [1.29, 1.82) is 0 Å². The van der Waals surface area contributed by atoms with E-state index in [9.17, 15) is 4.79 Å². The van der Waals surface area contributed by atoms with Gasteiger partial charge in [0.1, 0.15) is 0 Å². The number of carboxylic acids is 1. The molecule has 3 heteroatoms. The Kier molecular flexibility index (Phi) is 3.29. The zero-order chi connectivity index (χ0) is 12.4. The first-order valence-corrected chi connectivity index (χ1v) is 5.98. The topological polar surface area (TPSA) is 37.3 Å². The fraction of sp³-hybridized carbons (Fsp3) is 0.0714. The zero-order valence-corrected chi connectivity index (χ0v) is 10.9. The molecular formula is C14H11BrO2. The number of carboxylic acid groups (broad SMARTS) is 1. The van der Waals surface area contributed by atoms with Crippen LogP contribution in [0.15, 0.2) is 46.9 Å². The molecule has 2 aromatic carbocycles. The summed E-state index contributed by atoms with van der Waals surface area (Å²) in [6.07, 6.45) is 0. The first-order chi connectivity index (χ1) is 8.09. The molecule has 17 heavy (non-hydrogen) atoms. The maximum atomic E-state index is 11.1. The largest absolute Gasteiger partial charge is 0.478 e. The van der Waals surface area contributed by atoms with Crippen LogP contribution in [0.1, 0.15) is 15.9 Å². The van der Waals surface area contributed by atoms with Crippen molar-refractivity contribution in [2.75, 3.05) is 0 Å². The molecule has 0 fully saturated rings. The second kappa shape index (κ2) is 4.72. The number of aromatic carboxylic acids is 1. The molecular weight excluding hydrogens is 280 g/mol. The molecule has 86 valence electrons. The van der Waals surface area contributed by atoms with E-state index < -0.39 is 5.97 Å². The minimum absolute atomic E-state index is 0.352. The minimum Gasteiger partial charge on any atom is -0.478 e. The molecule has 0 saturated heterocycles. The van der Waals surface area contributed by atoms with Gasteiger partial charge in [-0.05, 0) is 41.8 Å². The van der Waals surface area contributed by atoms with E-state index in [-0.39, 0.29) is 0 Å². The van der Waals surface area contributed by atoms with Crippen molar-refractivity contribution in [2.45, 2.75) is 6.92 Å². The smallest absolute Gasteiger partial charge is 0.335 e. The van der Waals surface area contributed by atoms with Crippen LogP contribution in [0.4, 0.5) is 0 Å². The van der Waals surface area contributed by atoms with Crippen LogP contribution < -0.4 is 0 Å². The van der Waals surface area contributed by atoms with Crippen LogP contribution in [0.2, 0.25) is 0 Å². The summed E-state index contributed by atoms with van der Waals surface area (Å²) in [7, 11) is 0. The van der Waals surface area contributed by atoms with Gasteiger partial charge in [0.25, 0.3) is 0 Å². The lowest BCUT2D eigenvalue weighted by Crippen LogP contribution is -2.00. The van der Waals surface area contributed by atoms with Gasteiger partial charge in [-0.3, -0.25) is 0 Å². The van der Waals surface area contributed by atoms with Gasteiger partial charge < -0.3 is 5.11 Å². The van der Waals surface area contributed by atoms with Gasteiger partial charge in [-0.1, -0.05) is 40.2 Å². The van der Waals surface area contributed by atoms with E-state index in [2.05, 4.69) is 15.9 Å². The van der Waals surface area contributed by atoms with E-state index in [0.29, 0.717) is 5.56 Å². The molecule has 0 amide bonds. The van der Waals surface area contributed by atoms with E-state index in [1.54, 1.807) is 12.1 Å². The molecule has 0 spiro atoms. The van der Waals surface area contributed by atoms with Gasteiger partial charge in [-0.25, -0.2) is 4.79 Å². The maximum Gasteiger partial charge on any atom is 0.335 e. The average molecular weight is 291 g/mol. The average Bonchev–Trinajstić information content (AvgIpc) is 2.30. The number of benzene rings is 2. The summed E-state index contributed by atoms with van der Waals surface area (Å²) in [5.74, 6) is -0.888. The van der Waals surface area contributed by atoms with E-state index in [1.807, 2.05) is 37.3 Å². The second-order valence-electron chi connectivity index (χ2n) is 3.79. The van der Waals surface area contributed by atoms with E-state index in [0.717, 1.165) is 21.2 Å². The fourth-order valence-corrected chi connectivity index (χ4v) is 2.07. The van der Waals surface area contributed by atoms with Crippen molar-refractivity contribution in [2.24, 2.45) is 0 Å². The number of hydrogen-bond acceptors (Lipinski definition) is 1. The van der Waals surface area contributed by atoms with Crippen LogP contribution >= 0.6 is 15.9 Å². The standard InChI is InChI=1S/C14H11BrO2/c1-9-12(3-2-4-13(9)14(16)17)10-5-7-11(15)8-6-10/h2-8H,1H3,(H,16,17). The number of rotatable bonds is 2. The van der Waals surface area contributed by atoms with Crippen LogP contribution in [-0.2, 0) is 0 Å². The Morgan fingerprint density at radius 3 is 2.35 bits per heavy atom. The van der Waals surface area contributed by atoms with Gasteiger partial charge >= 0.3 is 5.97 Å². The first-order valence-electron chi connectivity index (χ1n) is 5.18. The first kappa shape index (κ1) is 11.9. The van der Waals surface area contributed by atoms with Crippen molar-refractivity contribution in [1.82, 2.24) is 0 Å². The maximum absolute atomic E-state index is 11.1. The molecule has 0 aliphatic heterocycles. The normalized spacial score (nSPS) is 10.2. The lowest BCUT2D eigenvalue weighted by atomic mass is 9.96. The van der Waals surface area contributed by atoms with Crippen LogP contribution in [0.5, 0.6) is 0 Å². The Hall–Kier alpha value is -1.61. The summed E-state index contributed by atoms with van der Waals surface area (Å²) in [5.41, 5.74) is 3.12. The zero-order valence-electron chi connectivity index (χ0n) is 9.27. The summed E-state index contributed by atoms with van der Waals surface area (Å²) in [6, 6.07) is 13.2. The highest BCUT2D eigenvalue weighted by molar-refractivity contribution is 9.10. The lowest BCUT2D eigenvalue weighted by Gasteiger charge is -2.08. The Bertz CT molecular complexity index is 559. The molecule has 0 radical (unpaired) electrons. The highest BCUT2D eigenvalue weighted by Crippen LogP contribution is 2.26. The number of carbonyl (C=O) groups is 1. The van der Waals surface area contributed by atoms with E-state index >= 15 is 0 Å². The molecule has 0 aliphatic carbocycles. The van der Waals surface area contributed by atoms with Gasteiger partial charge in [0.05, 0.1) is 5.56 Å². The van der Waals surface area contributed by atoms with Gasteiger partial charge in [-0.15, -0.1) is 0 Å². The van der Waals surface area contributed by atoms with Crippen LogP contribution in [0.25, 0.3) is 11.1 Å². The molecule has 0 unspecified atom stereocenters. The fourth-order valence-electron chi connectivity index (χ4n) is 1.81. The minimum atomic E-state index is -0.888. The van der Waals surface area contributed by atoms with Crippen molar-refractivity contribution >= 4 is 21.9 Å². The molecule has 0 bridgehead atoms. The van der Waals surface area contributed by atoms with Crippen molar-refractivity contribution in [3.8, 4) is 11.1 Å². The Morgan fingerprint density at radius 1 is 1.12 bits per heavy atom.